The molecule has 0 atom stereocenters. The van der Waals surface area contributed by atoms with Gasteiger partial charge in [-0.25, -0.2) is 0 Å². The summed E-state index contributed by atoms with van der Waals surface area (Å²) in [6.45, 7) is 0. The van der Waals surface area contributed by atoms with E-state index in [2.05, 4.69) is 29.6 Å². The second kappa shape index (κ2) is 9.33. The number of nitrogens with one attached hydrogen (secondary N) is 1. The van der Waals surface area contributed by atoms with Crippen molar-refractivity contribution in [2.45, 2.75) is 12.3 Å². The minimum absolute atomic E-state index is 0.00362. The van der Waals surface area contributed by atoms with Gasteiger partial charge in [0.2, 0.25) is 11.7 Å². The number of thiophene rings is 1. The summed E-state index contributed by atoms with van der Waals surface area (Å²) in [6, 6.07) is 30.9. The maximum Gasteiger partial charge on any atom is 0.225 e. The molecule has 0 aliphatic carbocycles. The minimum Gasteiger partial charge on any atom is -0.326 e. The predicted molar refractivity (Wildman–Crippen MR) is 122 cm³/mol. The smallest absolute Gasteiger partial charge is 0.225 e. The average Bonchev–Trinajstić information content (AvgIpc) is 3.34. The third-order valence-electron chi connectivity index (χ3n) is 4.97. The van der Waals surface area contributed by atoms with Crippen molar-refractivity contribution in [3.05, 3.63) is 124 Å². The number of anilines is 1. The lowest BCUT2D eigenvalue weighted by molar-refractivity contribution is -0.116. The van der Waals surface area contributed by atoms with Crippen LogP contribution in [0.15, 0.2) is 102 Å². The molecule has 3 aromatic carbocycles. The lowest BCUT2D eigenvalue weighted by atomic mass is 9.88. The summed E-state index contributed by atoms with van der Waals surface area (Å²) >= 11 is 1.42. The second-order valence-corrected chi connectivity index (χ2v) is 7.96. The molecular formula is C26H21NO2S. The molecule has 4 rings (SSSR count). The highest BCUT2D eigenvalue weighted by Gasteiger charge is 2.18. The lowest BCUT2D eigenvalue weighted by Crippen LogP contribution is -2.16. The van der Waals surface area contributed by atoms with Crippen molar-refractivity contribution in [1.29, 1.82) is 0 Å². The standard InChI is InChI=1S/C26H21NO2S/c28-25(18-23(19-8-3-1-4-9-19)20-10-5-2-6-11-20)27-22-15-13-21(14-16-22)26(29)24-12-7-17-30-24/h1-17,23H,18H2,(H,27,28). The fraction of sp³-hybridized carbons (Fsp3) is 0.0769. The van der Waals surface area contributed by atoms with E-state index < -0.39 is 0 Å². The zero-order valence-electron chi connectivity index (χ0n) is 16.3. The van der Waals surface area contributed by atoms with Gasteiger partial charge in [-0.15, -0.1) is 11.3 Å². The van der Waals surface area contributed by atoms with Gasteiger partial charge in [0.05, 0.1) is 4.88 Å². The highest BCUT2D eigenvalue weighted by molar-refractivity contribution is 7.12. The molecular weight excluding hydrogens is 390 g/mol. The number of amides is 1. The fourth-order valence-electron chi connectivity index (χ4n) is 3.45. The molecule has 4 heteroatoms. The molecule has 0 aliphatic heterocycles. The van der Waals surface area contributed by atoms with Crippen LogP contribution in [0.2, 0.25) is 0 Å². The molecule has 0 saturated carbocycles. The zero-order chi connectivity index (χ0) is 20.8. The number of hydrogen-bond donors (Lipinski definition) is 1. The first-order valence-corrected chi connectivity index (χ1v) is 10.7. The molecule has 0 spiro atoms. The first kappa shape index (κ1) is 19.8. The molecule has 1 aromatic heterocycles. The summed E-state index contributed by atoms with van der Waals surface area (Å²) in [6.07, 6.45) is 0.337. The van der Waals surface area contributed by atoms with E-state index in [9.17, 15) is 9.59 Å². The Hall–Kier alpha value is -3.50. The molecule has 148 valence electrons. The van der Waals surface area contributed by atoms with Crippen LogP contribution in [0.4, 0.5) is 5.69 Å². The van der Waals surface area contributed by atoms with Crippen molar-refractivity contribution in [2.24, 2.45) is 0 Å². The summed E-state index contributed by atoms with van der Waals surface area (Å²) in [5.74, 6) is -0.0896. The molecule has 0 bridgehead atoms. The van der Waals surface area contributed by atoms with Gasteiger partial charge in [0.1, 0.15) is 0 Å². The van der Waals surface area contributed by atoms with Crippen molar-refractivity contribution < 1.29 is 9.59 Å². The summed E-state index contributed by atoms with van der Waals surface area (Å²) < 4.78 is 0. The Bertz CT molecular complexity index is 1070. The fourth-order valence-corrected chi connectivity index (χ4v) is 4.14. The first-order valence-electron chi connectivity index (χ1n) is 9.79. The average molecular weight is 412 g/mol. The highest BCUT2D eigenvalue weighted by Crippen LogP contribution is 2.28. The van der Waals surface area contributed by atoms with Crippen molar-refractivity contribution in [3.63, 3.8) is 0 Å². The molecule has 1 heterocycles. The summed E-state index contributed by atoms with van der Waals surface area (Å²) in [7, 11) is 0. The molecule has 0 unspecified atom stereocenters. The number of hydrogen-bond acceptors (Lipinski definition) is 3. The maximum absolute atomic E-state index is 12.8. The van der Waals surface area contributed by atoms with Gasteiger partial charge in [0, 0.05) is 23.6 Å². The van der Waals surface area contributed by atoms with Crippen LogP contribution < -0.4 is 5.32 Å². The van der Waals surface area contributed by atoms with Gasteiger partial charge in [0.15, 0.2) is 0 Å². The number of carbonyl (C=O) groups is 2. The summed E-state index contributed by atoms with van der Waals surface area (Å²) in [5, 5.41) is 4.85. The monoisotopic (exact) mass is 411 g/mol. The van der Waals surface area contributed by atoms with Crippen molar-refractivity contribution in [2.75, 3.05) is 5.32 Å². The first-order chi connectivity index (χ1) is 14.7. The van der Waals surface area contributed by atoms with E-state index >= 15 is 0 Å². The molecule has 0 radical (unpaired) electrons. The van der Waals surface area contributed by atoms with Crippen LogP contribution in [0, 0.1) is 0 Å². The van der Waals surface area contributed by atoms with E-state index in [4.69, 9.17) is 0 Å². The van der Waals surface area contributed by atoms with Gasteiger partial charge >= 0.3 is 0 Å². The van der Waals surface area contributed by atoms with E-state index in [1.165, 1.54) is 11.3 Å². The van der Waals surface area contributed by atoms with E-state index in [-0.39, 0.29) is 17.6 Å². The van der Waals surface area contributed by atoms with E-state index in [0.29, 0.717) is 22.5 Å². The van der Waals surface area contributed by atoms with Crippen LogP contribution in [-0.2, 0) is 4.79 Å². The highest BCUT2D eigenvalue weighted by atomic mass is 32.1. The normalized spacial score (nSPS) is 10.7. The lowest BCUT2D eigenvalue weighted by Gasteiger charge is -2.18. The zero-order valence-corrected chi connectivity index (χ0v) is 17.1. The molecule has 30 heavy (non-hydrogen) atoms. The number of benzene rings is 3. The predicted octanol–water partition coefficient (Wildman–Crippen LogP) is 6.14. The van der Waals surface area contributed by atoms with E-state index in [1.807, 2.05) is 53.9 Å². The summed E-state index contributed by atoms with van der Waals surface area (Å²) in [4.78, 5) is 25.9. The Labute approximate surface area is 180 Å². The van der Waals surface area contributed by atoms with Crippen molar-refractivity contribution in [3.8, 4) is 0 Å². The second-order valence-electron chi connectivity index (χ2n) is 7.01. The van der Waals surface area contributed by atoms with Gasteiger partial charge in [-0.2, -0.15) is 0 Å². The molecule has 1 N–H and O–H groups in total. The number of rotatable bonds is 7. The van der Waals surface area contributed by atoms with Crippen LogP contribution in [0.5, 0.6) is 0 Å². The largest absolute Gasteiger partial charge is 0.326 e. The van der Waals surface area contributed by atoms with Gasteiger partial charge in [-0.1, -0.05) is 66.7 Å². The Morgan fingerprint density at radius 1 is 0.733 bits per heavy atom. The number of ketones is 1. The quantitative estimate of drug-likeness (QED) is 0.371. The van der Waals surface area contributed by atoms with Crippen LogP contribution in [0.25, 0.3) is 0 Å². The van der Waals surface area contributed by atoms with E-state index in [0.717, 1.165) is 11.1 Å². The van der Waals surface area contributed by atoms with Crippen molar-refractivity contribution >= 4 is 28.7 Å². The Kier molecular flexibility index (Phi) is 6.16. The SMILES string of the molecule is O=C(CC(c1ccccc1)c1ccccc1)Nc1ccc(C(=O)c2cccs2)cc1. The Morgan fingerprint density at radius 2 is 1.33 bits per heavy atom. The Balaban J connectivity index is 1.47. The van der Waals surface area contributed by atoms with Crippen LogP contribution >= 0.6 is 11.3 Å². The van der Waals surface area contributed by atoms with Crippen LogP contribution in [-0.4, -0.2) is 11.7 Å². The van der Waals surface area contributed by atoms with Gasteiger partial charge in [-0.05, 0) is 46.8 Å². The molecule has 1 amide bonds. The van der Waals surface area contributed by atoms with E-state index in [1.54, 1.807) is 24.3 Å². The Morgan fingerprint density at radius 3 is 1.87 bits per heavy atom. The van der Waals surface area contributed by atoms with Crippen LogP contribution in [0.3, 0.4) is 0 Å². The number of carbonyl (C=O) groups excluding carboxylic acids is 2. The third kappa shape index (κ3) is 4.73. The maximum atomic E-state index is 12.8. The molecule has 0 fully saturated rings. The molecule has 3 nitrogen and oxygen atoms in total. The summed E-state index contributed by atoms with van der Waals surface area (Å²) in [5.41, 5.74) is 3.51. The topological polar surface area (TPSA) is 46.2 Å². The third-order valence-corrected chi connectivity index (χ3v) is 5.84. The van der Waals surface area contributed by atoms with Gasteiger partial charge < -0.3 is 5.32 Å². The van der Waals surface area contributed by atoms with Gasteiger partial charge in [-0.3, -0.25) is 9.59 Å². The molecule has 0 saturated heterocycles. The van der Waals surface area contributed by atoms with Gasteiger partial charge in [0.25, 0.3) is 0 Å². The molecule has 4 aromatic rings. The van der Waals surface area contributed by atoms with Crippen LogP contribution in [0.1, 0.15) is 38.7 Å². The minimum atomic E-state index is -0.0648. The van der Waals surface area contributed by atoms with Crippen molar-refractivity contribution in [1.82, 2.24) is 0 Å². The molecule has 0 aliphatic rings.